The molecule has 1 fully saturated rings. The summed E-state index contributed by atoms with van der Waals surface area (Å²) in [5, 5.41) is 55.6. The molecule has 1 saturated carbocycles. The van der Waals surface area contributed by atoms with E-state index in [1.165, 1.54) is 12.1 Å². The third-order valence-electron chi connectivity index (χ3n) is 13.2. The SMILES string of the molecule is C=CCO[C@@]12Oc3ccc(OCCSc4ccccc4)cc3[C@H]3[C@H](CCCCO)[C@@H](CCCCO)C=C(C(=NOCc4ccc([N+](=O)[O-])cc4)C[C@@H]1N(CCOCCO)C(=O)c1ccc(C#N)cc1)[C@H]32. The lowest BCUT2D eigenvalue weighted by atomic mass is 9.55. The summed E-state index contributed by atoms with van der Waals surface area (Å²) < 4.78 is 26.8. The van der Waals surface area contributed by atoms with Crippen LogP contribution in [-0.2, 0) is 20.9 Å². The second kappa shape index (κ2) is 25.7. The molecule has 4 aromatic carbocycles. The van der Waals surface area contributed by atoms with Gasteiger partial charge < -0.3 is 44.0 Å². The molecule has 0 aromatic heterocycles. The molecule has 70 heavy (non-hydrogen) atoms. The van der Waals surface area contributed by atoms with Crippen LogP contribution in [0.5, 0.6) is 11.5 Å². The first-order valence-electron chi connectivity index (χ1n) is 24.0. The van der Waals surface area contributed by atoms with Crippen LogP contribution in [0.3, 0.4) is 0 Å². The average Bonchev–Trinajstić information content (AvgIpc) is 3.38. The Labute approximate surface area is 413 Å². The van der Waals surface area contributed by atoms with Crippen molar-refractivity contribution >= 4 is 29.1 Å². The topological polar surface area (TPSA) is 206 Å². The van der Waals surface area contributed by atoms with Crippen molar-refractivity contribution < 1.29 is 48.8 Å². The molecule has 16 heteroatoms. The number of amides is 1. The summed E-state index contributed by atoms with van der Waals surface area (Å²) in [6.45, 7) is 4.59. The number of hydrogen-bond donors (Lipinski definition) is 3. The van der Waals surface area contributed by atoms with Crippen molar-refractivity contribution in [1.29, 1.82) is 5.26 Å². The molecule has 0 radical (unpaired) electrons. The van der Waals surface area contributed by atoms with E-state index in [1.54, 1.807) is 59.1 Å². The zero-order valence-corrected chi connectivity index (χ0v) is 40.1. The molecule has 0 bridgehead atoms. The molecule has 1 amide bonds. The number of allylic oxidation sites excluding steroid dienone is 1. The number of thioether (sulfide) groups is 1. The number of nitro benzene ring substituents is 1. The van der Waals surface area contributed by atoms with E-state index in [-0.39, 0.29) is 88.6 Å². The highest BCUT2D eigenvalue weighted by atomic mass is 32.2. The second-order valence-corrected chi connectivity index (χ2v) is 18.7. The van der Waals surface area contributed by atoms with Gasteiger partial charge in [-0.1, -0.05) is 48.3 Å². The standard InChI is InChI=1S/C54H62N4O11S/c1-2-28-67-54-50(57(24-29-65-30-27-61)53(62)40-18-14-38(36-55)15-19-40)35-48(56-68-37-39-16-20-42(21-17-39)58(63)64)46-33-41(10-6-8-25-59)45(13-7-9-26-60)51(52(46)54)47-34-43(22-23-49(47)69-54)66-31-32-70-44-11-4-3-5-12-44/h2-5,11-12,14-23,33-34,41,45,50-52,59-61H,1,6-10,13,24-32,35,37H2/t41-,45+,50-,51+,52+,54+/m0/s1. The molecule has 1 heterocycles. The lowest BCUT2D eigenvalue weighted by Gasteiger charge is -2.60. The summed E-state index contributed by atoms with van der Waals surface area (Å²) in [6.07, 6.45) is 8.22. The van der Waals surface area contributed by atoms with E-state index in [2.05, 4.69) is 36.9 Å². The van der Waals surface area contributed by atoms with Crippen molar-refractivity contribution in [3.63, 3.8) is 0 Å². The molecule has 7 rings (SSSR count). The number of nitrogens with zero attached hydrogens (tertiary/aromatic N) is 4. The van der Waals surface area contributed by atoms with E-state index >= 15 is 4.79 Å². The normalized spacial score (nSPS) is 21.6. The quantitative estimate of drug-likeness (QED) is 0.0168. The Morgan fingerprint density at radius 2 is 1.71 bits per heavy atom. The maximum atomic E-state index is 15.2. The number of oxime groups is 1. The van der Waals surface area contributed by atoms with Crippen LogP contribution >= 0.6 is 11.8 Å². The lowest BCUT2D eigenvalue weighted by molar-refractivity contribution is -0.384. The highest BCUT2D eigenvalue weighted by Gasteiger charge is 2.65. The van der Waals surface area contributed by atoms with Crippen LogP contribution < -0.4 is 9.47 Å². The minimum Gasteiger partial charge on any atom is -0.493 e. The van der Waals surface area contributed by atoms with Gasteiger partial charge in [0, 0.05) is 66.0 Å². The Morgan fingerprint density at radius 1 is 0.957 bits per heavy atom. The van der Waals surface area contributed by atoms with E-state index in [9.17, 15) is 30.7 Å². The average molecular weight is 975 g/mol. The summed E-state index contributed by atoms with van der Waals surface area (Å²) >= 11 is 1.71. The van der Waals surface area contributed by atoms with Crippen molar-refractivity contribution in [2.75, 3.05) is 58.5 Å². The number of non-ortho nitro benzene ring substituents is 1. The van der Waals surface area contributed by atoms with Gasteiger partial charge in [-0.05, 0) is 115 Å². The fourth-order valence-electron chi connectivity index (χ4n) is 10.1. The third-order valence-corrected chi connectivity index (χ3v) is 14.1. The number of carbonyl (C=O) groups excluding carboxylic acids is 1. The molecule has 1 aliphatic heterocycles. The minimum absolute atomic E-state index is 0.000826. The number of hydrogen-bond acceptors (Lipinski definition) is 14. The van der Waals surface area contributed by atoms with Gasteiger partial charge in [-0.15, -0.1) is 18.3 Å². The predicted octanol–water partition coefficient (Wildman–Crippen LogP) is 8.62. The lowest BCUT2D eigenvalue weighted by Crippen LogP contribution is -2.70. The molecule has 0 saturated heterocycles. The molecule has 3 aliphatic rings. The van der Waals surface area contributed by atoms with E-state index in [0.29, 0.717) is 53.3 Å². The van der Waals surface area contributed by atoms with Crippen molar-refractivity contribution in [2.45, 2.75) is 74.2 Å². The van der Waals surface area contributed by atoms with E-state index in [1.807, 2.05) is 30.3 Å². The maximum absolute atomic E-state index is 15.2. The summed E-state index contributed by atoms with van der Waals surface area (Å²) in [5.74, 6) is -0.940. The fraction of sp³-hybridized carbons (Fsp3) is 0.426. The molecule has 4 aromatic rings. The monoisotopic (exact) mass is 974 g/mol. The van der Waals surface area contributed by atoms with Gasteiger partial charge in [0.05, 0.1) is 61.2 Å². The zero-order chi connectivity index (χ0) is 49.3. The van der Waals surface area contributed by atoms with Gasteiger partial charge >= 0.3 is 0 Å². The molecular weight excluding hydrogens is 913 g/mol. The van der Waals surface area contributed by atoms with Crippen molar-refractivity contribution in [1.82, 2.24) is 4.90 Å². The van der Waals surface area contributed by atoms with E-state index in [0.717, 1.165) is 47.5 Å². The van der Waals surface area contributed by atoms with Crippen LogP contribution in [0.1, 0.15) is 77.9 Å². The van der Waals surface area contributed by atoms with Crippen LogP contribution in [0.25, 0.3) is 0 Å². The molecule has 370 valence electrons. The number of rotatable bonds is 27. The number of nitro groups is 1. The van der Waals surface area contributed by atoms with E-state index in [4.69, 9.17) is 28.9 Å². The third kappa shape index (κ3) is 12.4. The highest BCUT2D eigenvalue weighted by Crippen LogP contribution is 2.62. The largest absolute Gasteiger partial charge is 0.493 e. The summed E-state index contributed by atoms with van der Waals surface area (Å²) in [6, 6.07) is 29.8. The minimum atomic E-state index is -1.56. The molecule has 3 N–H and O–H groups in total. The molecule has 0 spiro atoms. The molecule has 2 aliphatic carbocycles. The highest BCUT2D eigenvalue weighted by molar-refractivity contribution is 7.99. The summed E-state index contributed by atoms with van der Waals surface area (Å²) in [4.78, 5) is 35.2. The Morgan fingerprint density at radius 3 is 2.41 bits per heavy atom. The van der Waals surface area contributed by atoms with Crippen molar-refractivity contribution in [3.05, 3.63) is 154 Å². The number of aliphatic hydroxyl groups excluding tert-OH is 3. The first kappa shape index (κ1) is 51.8. The van der Waals surface area contributed by atoms with Gasteiger partial charge in [0.25, 0.3) is 11.6 Å². The Bertz CT molecular complexity index is 2460. The van der Waals surface area contributed by atoms with Crippen LogP contribution in [0.4, 0.5) is 5.69 Å². The van der Waals surface area contributed by atoms with Gasteiger partial charge in [0.1, 0.15) is 24.1 Å². The van der Waals surface area contributed by atoms with Crippen molar-refractivity contribution in [2.24, 2.45) is 22.9 Å². The number of nitriles is 1. The summed E-state index contributed by atoms with van der Waals surface area (Å²) in [5.41, 5.74) is 3.63. The number of ether oxygens (including phenoxy) is 4. The smallest absolute Gasteiger partial charge is 0.269 e. The number of unbranched alkanes of at least 4 members (excludes halogenated alkanes) is 2. The maximum Gasteiger partial charge on any atom is 0.269 e. The van der Waals surface area contributed by atoms with Gasteiger partial charge in [-0.25, -0.2) is 0 Å². The Hall–Kier alpha value is -6.06. The van der Waals surface area contributed by atoms with Crippen molar-refractivity contribution in [3.8, 4) is 17.6 Å². The molecule has 0 unspecified atom stereocenters. The van der Waals surface area contributed by atoms with Gasteiger partial charge in [0.15, 0.2) is 0 Å². The predicted molar refractivity (Wildman–Crippen MR) is 266 cm³/mol. The van der Waals surface area contributed by atoms with E-state index < -0.39 is 22.7 Å². The Kier molecular flexibility index (Phi) is 19.0. The van der Waals surface area contributed by atoms with Crippen LogP contribution in [0, 0.1) is 39.2 Å². The number of carbonyl (C=O) groups is 1. The number of fused-ring (bicyclic) bond motifs is 2. The zero-order valence-electron chi connectivity index (χ0n) is 39.3. The van der Waals surface area contributed by atoms with Crippen LogP contribution in [0.15, 0.2) is 131 Å². The van der Waals surface area contributed by atoms with Crippen LogP contribution in [-0.4, -0.2) is 107 Å². The second-order valence-electron chi connectivity index (χ2n) is 17.5. The number of benzene rings is 4. The molecular formula is C54H62N4O11S. The molecule has 15 nitrogen and oxygen atoms in total. The van der Waals surface area contributed by atoms with Gasteiger partial charge in [0.2, 0.25) is 5.79 Å². The number of aliphatic hydroxyl groups is 3. The van der Waals surface area contributed by atoms with Gasteiger partial charge in [-0.3, -0.25) is 14.9 Å². The first-order chi connectivity index (χ1) is 34.2. The van der Waals surface area contributed by atoms with Gasteiger partial charge in [-0.2, -0.15) is 5.26 Å². The molecule has 6 atom stereocenters. The first-order valence-corrected chi connectivity index (χ1v) is 25.0. The Balaban J connectivity index is 1.40. The summed E-state index contributed by atoms with van der Waals surface area (Å²) in [7, 11) is 0. The fourth-order valence-corrected chi connectivity index (χ4v) is 10.8. The van der Waals surface area contributed by atoms with Crippen LogP contribution in [0.2, 0.25) is 0 Å².